The van der Waals surface area contributed by atoms with Crippen molar-refractivity contribution in [3.63, 3.8) is 0 Å². The number of carboxylic acid groups (broad SMARTS) is 1. The fourth-order valence-corrected chi connectivity index (χ4v) is 2.34. The molecule has 114 valence electrons. The molecule has 1 aromatic carbocycles. The number of methoxy groups -OCH3 is 2. The second kappa shape index (κ2) is 6.03. The molecule has 1 aliphatic rings. The number of ether oxygens (including phenoxy) is 2. The van der Waals surface area contributed by atoms with Crippen molar-refractivity contribution in [3.8, 4) is 11.5 Å². The third-order valence-electron chi connectivity index (χ3n) is 3.70. The number of carbonyl (C=O) groups excluding carboxylic acids is 1. The second-order valence-electron chi connectivity index (χ2n) is 5.16. The number of nitrogens with zero attached hydrogens (tertiary/aromatic N) is 1. The monoisotopic (exact) mass is 293 g/mol. The van der Waals surface area contributed by atoms with Gasteiger partial charge in [0.15, 0.2) is 0 Å². The van der Waals surface area contributed by atoms with E-state index in [-0.39, 0.29) is 5.91 Å². The molecule has 0 unspecified atom stereocenters. The van der Waals surface area contributed by atoms with Crippen LogP contribution >= 0.6 is 0 Å². The zero-order valence-electron chi connectivity index (χ0n) is 12.3. The van der Waals surface area contributed by atoms with E-state index in [1.807, 2.05) is 6.07 Å². The molecule has 0 heterocycles. The molecule has 1 amide bonds. The maximum absolute atomic E-state index is 12.1. The highest BCUT2D eigenvalue weighted by atomic mass is 16.5. The molecule has 1 N–H and O–H groups in total. The van der Waals surface area contributed by atoms with E-state index in [2.05, 4.69) is 0 Å². The summed E-state index contributed by atoms with van der Waals surface area (Å²) in [5.74, 6) is -0.643. The summed E-state index contributed by atoms with van der Waals surface area (Å²) < 4.78 is 10.4. The predicted octanol–water partition coefficient (Wildman–Crippen LogP) is 1.38. The van der Waals surface area contributed by atoms with Gasteiger partial charge in [0.05, 0.1) is 26.1 Å². The zero-order chi connectivity index (χ0) is 15.6. The first-order valence-electron chi connectivity index (χ1n) is 6.66. The average molecular weight is 293 g/mol. The lowest BCUT2D eigenvalue weighted by Gasteiger charge is -2.19. The minimum absolute atomic E-state index is 0.139. The van der Waals surface area contributed by atoms with E-state index in [0.717, 1.165) is 5.56 Å². The Hall–Kier alpha value is -2.24. The predicted molar refractivity (Wildman–Crippen MR) is 75.3 cm³/mol. The highest BCUT2D eigenvalue weighted by Gasteiger charge is 2.49. The smallest absolute Gasteiger partial charge is 0.307 e. The summed E-state index contributed by atoms with van der Waals surface area (Å²) >= 11 is 0. The van der Waals surface area contributed by atoms with Gasteiger partial charge in [-0.3, -0.25) is 9.59 Å². The van der Waals surface area contributed by atoms with Gasteiger partial charge in [-0.15, -0.1) is 0 Å². The van der Waals surface area contributed by atoms with Crippen molar-refractivity contribution >= 4 is 11.9 Å². The van der Waals surface area contributed by atoms with E-state index >= 15 is 0 Å². The summed E-state index contributed by atoms with van der Waals surface area (Å²) in [6.07, 6.45) is 0.429. The first-order chi connectivity index (χ1) is 9.97. The van der Waals surface area contributed by atoms with Gasteiger partial charge in [0.25, 0.3) is 0 Å². The van der Waals surface area contributed by atoms with Crippen molar-refractivity contribution in [1.82, 2.24) is 4.90 Å². The molecule has 2 atom stereocenters. The number of hydrogen-bond donors (Lipinski definition) is 1. The number of benzene rings is 1. The van der Waals surface area contributed by atoms with Gasteiger partial charge in [-0.25, -0.2) is 0 Å². The maximum atomic E-state index is 12.1. The fourth-order valence-electron chi connectivity index (χ4n) is 2.34. The molecule has 6 heteroatoms. The lowest BCUT2D eigenvalue weighted by Crippen LogP contribution is -2.29. The Morgan fingerprint density at radius 1 is 1.29 bits per heavy atom. The second-order valence-corrected chi connectivity index (χ2v) is 5.16. The molecule has 0 saturated heterocycles. The van der Waals surface area contributed by atoms with Gasteiger partial charge < -0.3 is 19.5 Å². The zero-order valence-corrected chi connectivity index (χ0v) is 12.3. The topological polar surface area (TPSA) is 76.1 Å². The van der Waals surface area contributed by atoms with Crippen LogP contribution in [0.15, 0.2) is 18.2 Å². The molecule has 1 saturated carbocycles. The number of aliphatic carboxylic acids is 1. The summed E-state index contributed by atoms with van der Waals surface area (Å²) in [4.78, 5) is 24.5. The molecule has 0 aromatic heterocycles. The van der Waals surface area contributed by atoms with Gasteiger partial charge >= 0.3 is 5.97 Å². The number of hydrogen-bond acceptors (Lipinski definition) is 4. The first-order valence-corrected chi connectivity index (χ1v) is 6.66. The molecule has 0 radical (unpaired) electrons. The van der Waals surface area contributed by atoms with E-state index in [0.29, 0.717) is 24.5 Å². The largest absolute Gasteiger partial charge is 0.497 e. The molecule has 0 bridgehead atoms. The maximum Gasteiger partial charge on any atom is 0.307 e. The Bertz CT molecular complexity index is 557. The summed E-state index contributed by atoms with van der Waals surface area (Å²) in [6, 6.07) is 5.39. The van der Waals surface area contributed by atoms with Crippen LogP contribution in [0.5, 0.6) is 11.5 Å². The van der Waals surface area contributed by atoms with E-state index in [1.54, 1.807) is 33.4 Å². The summed E-state index contributed by atoms with van der Waals surface area (Å²) in [7, 11) is 4.80. The van der Waals surface area contributed by atoms with E-state index in [1.165, 1.54) is 4.90 Å². The van der Waals surface area contributed by atoms with Crippen LogP contribution < -0.4 is 9.47 Å². The number of rotatable bonds is 6. The van der Waals surface area contributed by atoms with Crippen molar-refractivity contribution in [2.45, 2.75) is 13.0 Å². The van der Waals surface area contributed by atoms with Crippen molar-refractivity contribution in [3.05, 3.63) is 23.8 Å². The Kier molecular flexibility index (Phi) is 4.35. The van der Waals surface area contributed by atoms with Crippen LogP contribution in [-0.4, -0.2) is 43.2 Å². The molecule has 1 aliphatic carbocycles. The van der Waals surface area contributed by atoms with Crippen LogP contribution in [0, 0.1) is 11.8 Å². The molecular formula is C15H19NO5. The third kappa shape index (κ3) is 3.26. The van der Waals surface area contributed by atoms with Gasteiger partial charge in [-0.05, 0) is 18.6 Å². The van der Waals surface area contributed by atoms with Crippen LogP contribution in [0.3, 0.4) is 0 Å². The summed E-state index contributed by atoms with van der Waals surface area (Å²) in [5, 5.41) is 8.88. The molecule has 2 rings (SSSR count). The molecular weight excluding hydrogens is 274 g/mol. The number of amides is 1. The normalized spacial score (nSPS) is 19.8. The van der Waals surface area contributed by atoms with Gasteiger partial charge in [-0.2, -0.15) is 0 Å². The Morgan fingerprint density at radius 3 is 2.52 bits per heavy atom. The van der Waals surface area contributed by atoms with Crippen LogP contribution in [0.25, 0.3) is 0 Å². The van der Waals surface area contributed by atoms with Gasteiger partial charge in [0, 0.05) is 25.2 Å². The van der Waals surface area contributed by atoms with E-state index < -0.39 is 17.8 Å². The summed E-state index contributed by atoms with van der Waals surface area (Å²) in [5.41, 5.74) is 0.849. The highest BCUT2D eigenvalue weighted by molar-refractivity contribution is 5.89. The van der Waals surface area contributed by atoms with Gasteiger partial charge in [0.1, 0.15) is 11.5 Å². The lowest BCUT2D eigenvalue weighted by molar-refractivity contribution is -0.141. The number of carbonyl (C=O) groups is 2. The van der Waals surface area contributed by atoms with Crippen molar-refractivity contribution in [1.29, 1.82) is 0 Å². The fraction of sp³-hybridized carbons (Fsp3) is 0.467. The molecule has 1 aromatic rings. The Morgan fingerprint density at radius 2 is 2.00 bits per heavy atom. The highest BCUT2D eigenvalue weighted by Crippen LogP contribution is 2.40. The van der Waals surface area contributed by atoms with Crippen LogP contribution in [-0.2, 0) is 16.1 Å². The van der Waals surface area contributed by atoms with Crippen molar-refractivity contribution in [2.24, 2.45) is 11.8 Å². The lowest BCUT2D eigenvalue weighted by atomic mass is 10.1. The Balaban J connectivity index is 2.04. The minimum atomic E-state index is -0.899. The standard InChI is InChI=1S/C15H19NO5/c1-16(14(17)11-7-12(11)15(18)19)8-9-4-5-10(20-2)6-13(9)21-3/h4-6,11-12H,7-8H2,1-3H3,(H,18,19)/t11-,12+/m0/s1. The molecule has 1 fully saturated rings. The van der Waals surface area contributed by atoms with Gasteiger partial charge in [-0.1, -0.05) is 0 Å². The van der Waals surface area contributed by atoms with E-state index in [9.17, 15) is 9.59 Å². The third-order valence-corrected chi connectivity index (χ3v) is 3.70. The van der Waals surface area contributed by atoms with E-state index in [4.69, 9.17) is 14.6 Å². The van der Waals surface area contributed by atoms with Gasteiger partial charge in [0.2, 0.25) is 5.91 Å². The number of carboxylic acids is 1. The van der Waals surface area contributed by atoms with Crippen LogP contribution in [0.2, 0.25) is 0 Å². The first kappa shape index (κ1) is 15.2. The molecule has 6 nitrogen and oxygen atoms in total. The van der Waals surface area contributed by atoms with Crippen LogP contribution in [0.4, 0.5) is 0 Å². The molecule has 21 heavy (non-hydrogen) atoms. The SMILES string of the molecule is COc1ccc(CN(C)C(=O)[C@H]2C[C@H]2C(=O)O)c(OC)c1. The van der Waals surface area contributed by atoms with Crippen LogP contribution in [0.1, 0.15) is 12.0 Å². The molecule has 0 aliphatic heterocycles. The minimum Gasteiger partial charge on any atom is -0.497 e. The quantitative estimate of drug-likeness (QED) is 0.857. The Labute approximate surface area is 123 Å². The average Bonchev–Trinajstić information content (AvgIpc) is 3.27. The summed E-state index contributed by atoms with van der Waals surface area (Å²) in [6.45, 7) is 0.370. The molecule has 0 spiro atoms. The van der Waals surface area contributed by atoms with Crippen molar-refractivity contribution in [2.75, 3.05) is 21.3 Å². The van der Waals surface area contributed by atoms with Crippen molar-refractivity contribution < 1.29 is 24.2 Å².